The average molecular weight is 569 g/mol. The van der Waals surface area contributed by atoms with Crippen LogP contribution < -0.4 is 10.6 Å². The maximum absolute atomic E-state index is 12.0. The lowest BCUT2D eigenvalue weighted by molar-refractivity contribution is -0.268. The zero-order valence-corrected chi connectivity index (χ0v) is 23.7. The number of carbonyl (C=O) groups is 2. The molecule has 1 aliphatic heterocycles. The molecule has 0 spiro atoms. The number of aromatic nitrogens is 2. The Morgan fingerprint density at radius 3 is 2.40 bits per heavy atom. The van der Waals surface area contributed by atoms with Gasteiger partial charge in [0.2, 0.25) is 0 Å². The van der Waals surface area contributed by atoms with Crippen LogP contribution in [0.1, 0.15) is 48.5 Å². The van der Waals surface area contributed by atoms with Gasteiger partial charge in [-0.1, -0.05) is 67.2 Å². The molecule has 1 aromatic heterocycles. The van der Waals surface area contributed by atoms with Crippen LogP contribution in [0.25, 0.3) is 0 Å². The Labute approximate surface area is 238 Å². The number of benzene rings is 2. The van der Waals surface area contributed by atoms with Crippen LogP contribution in [0.3, 0.4) is 0 Å². The van der Waals surface area contributed by atoms with Crippen LogP contribution in [0, 0.1) is 5.92 Å². The number of ether oxygens (including phenoxy) is 3. The van der Waals surface area contributed by atoms with Crippen molar-refractivity contribution in [3.05, 3.63) is 83.2 Å². The van der Waals surface area contributed by atoms with Crippen LogP contribution in [0.4, 0.5) is 4.79 Å². The first-order valence-electron chi connectivity index (χ1n) is 13.2. The van der Waals surface area contributed by atoms with Gasteiger partial charge in [-0.3, -0.25) is 4.79 Å². The Hall–Kier alpha value is -3.38. The SMILES string of the molecule is CCOC(=O)CNC(=O)NCc1ccc([C@H]2O[C@@H](CSc3nccn3C)[C@@H](C)[C@@H](c3ccc(CO)cc3)O2)cc1. The minimum absolute atomic E-state index is 0.00964. The first-order chi connectivity index (χ1) is 19.4. The maximum Gasteiger partial charge on any atom is 0.325 e. The van der Waals surface area contributed by atoms with Crippen molar-refractivity contribution >= 4 is 23.8 Å². The molecule has 1 aliphatic rings. The van der Waals surface area contributed by atoms with Crippen LogP contribution in [-0.2, 0) is 39.2 Å². The van der Waals surface area contributed by atoms with Gasteiger partial charge < -0.3 is 34.5 Å². The van der Waals surface area contributed by atoms with Gasteiger partial charge in [0.15, 0.2) is 11.4 Å². The second-order valence-corrected chi connectivity index (χ2v) is 10.5. The molecule has 2 aromatic carbocycles. The van der Waals surface area contributed by atoms with Gasteiger partial charge in [-0.25, -0.2) is 9.78 Å². The largest absolute Gasteiger partial charge is 0.465 e. The number of amides is 2. The molecule has 0 unspecified atom stereocenters. The van der Waals surface area contributed by atoms with Crippen LogP contribution in [0.2, 0.25) is 0 Å². The first-order valence-corrected chi connectivity index (χ1v) is 14.2. The van der Waals surface area contributed by atoms with Crippen LogP contribution in [-0.4, -0.2) is 51.7 Å². The van der Waals surface area contributed by atoms with Crippen LogP contribution in [0.15, 0.2) is 66.1 Å². The summed E-state index contributed by atoms with van der Waals surface area (Å²) in [6.45, 7) is 4.21. The van der Waals surface area contributed by atoms with E-state index in [0.29, 0.717) is 12.3 Å². The summed E-state index contributed by atoms with van der Waals surface area (Å²) in [7, 11) is 1.97. The van der Waals surface area contributed by atoms with Crippen molar-refractivity contribution in [3.63, 3.8) is 0 Å². The fraction of sp³-hybridized carbons (Fsp3) is 0.414. The summed E-state index contributed by atoms with van der Waals surface area (Å²) in [4.78, 5) is 27.8. The number of nitrogens with zero attached hydrogens (tertiary/aromatic N) is 2. The lowest BCUT2D eigenvalue weighted by Crippen LogP contribution is -2.39. The van der Waals surface area contributed by atoms with E-state index in [1.807, 2.05) is 66.3 Å². The number of nitrogens with one attached hydrogen (secondary N) is 2. The van der Waals surface area contributed by atoms with E-state index in [9.17, 15) is 14.7 Å². The first kappa shape index (κ1) is 29.6. The number of hydrogen-bond acceptors (Lipinski definition) is 8. The molecule has 3 aromatic rings. The maximum atomic E-state index is 12.0. The molecule has 2 amide bonds. The highest BCUT2D eigenvalue weighted by atomic mass is 32.2. The monoisotopic (exact) mass is 568 g/mol. The Kier molecular flexibility index (Phi) is 10.6. The van der Waals surface area contributed by atoms with Crippen molar-refractivity contribution in [3.8, 4) is 0 Å². The Morgan fingerprint density at radius 2 is 1.75 bits per heavy atom. The summed E-state index contributed by atoms with van der Waals surface area (Å²) < 4.78 is 19.8. The van der Waals surface area contributed by atoms with Crippen molar-refractivity contribution < 1.29 is 28.9 Å². The van der Waals surface area contributed by atoms with Crippen LogP contribution >= 0.6 is 11.8 Å². The predicted molar refractivity (Wildman–Crippen MR) is 150 cm³/mol. The lowest BCUT2D eigenvalue weighted by atomic mass is 9.91. The molecule has 3 N–H and O–H groups in total. The molecule has 4 rings (SSSR count). The second-order valence-electron chi connectivity index (χ2n) is 9.54. The van der Waals surface area contributed by atoms with Crippen molar-refractivity contribution in [1.29, 1.82) is 0 Å². The molecule has 0 radical (unpaired) electrons. The molecule has 1 fully saturated rings. The third-order valence-electron chi connectivity index (χ3n) is 6.68. The predicted octanol–water partition coefficient (Wildman–Crippen LogP) is 3.86. The summed E-state index contributed by atoms with van der Waals surface area (Å²) in [6, 6.07) is 15.1. The third kappa shape index (κ3) is 7.85. The molecule has 11 heteroatoms. The van der Waals surface area contributed by atoms with E-state index in [0.717, 1.165) is 27.4 Å². The Morgan fingerprint density at radius 1 is 1.05 bits per heavy atom. The van der Waals surface area contributed by atoms with E-state index in [-0.39, 0.29) is 37.9 Å². The molecule has 214 valence electrons. The summed E-state index contributed by atoms with van der Waals surface area (Å²) in [5.74, 6) is 0.295. The summed E-state index contributed by atoms with van der Waals surface area (Å²) in [5.41, 5.74) is 3.63. The highest BCUT2D eigenvalue weighted by molar-refractivity contribution is 7.99. The van der Waals surface area contributed by atoms with Gasteiger partial charge in [-0.2, -0.15) is 0 Å². The fourth-order valence-electron chi connectivity index (χ4n) is 4.36. The third-order valence-corrected chi connectivity index (χ3v) is 7.83. The zero-order chi connectivity index (χ0) is 28.5. The number of thioether (sulfide) groups is 1. The van der Waals surface area contributed by atoms with E-state index in [2.05, 4.69) is 22.5 Å². The smallest absolute Gasteiger partial charge is 0.325 e. The number of imidazole rings is 1. The average Bonchev–Trinajstić information content (AvgIpc) is 3.39. The summed E-state index contributed by atoms with van der Waals surface area (Å²) in [6.07, 6.45) is 2.81. The van der Waals surface area contributed by atoms with Gasteiger partial charge in [-0.05, 0) is 23.6 Å². The minimum Gasteiger partial charge on any atom is -0.465 e. The van der Waals surface area contributed by atoms with Gasteiger partial charge in [0.1, 0.15) is 6.54 Å². The normalized spacial score (nSPS) is 20.6. The van der Waals surface area contributed by atoms with Gasteiger partial charge in [0, 0.05) is 43.2 Å². The summed E-state index contributed by atoms with van der Waals surface area (Å²) in [5, 5.41) is 15.6. The lowest BCUT2D eigenvalue weighted by Gasteiger charge is -2.41. The van der Waals surface area contributed by atoms with E-state index in [1.54, 1.807) is 24.9 Å². The van der Waals surface area contributed by atoms with Crippen molar-refractivity contribution in [1.82, 2.24) is 20.2 Å². The topological polar surface area (TPSA) is 124 Å². The molecule has 0 saturated carbocycles. The van der Waals surface area contributed by atoms with E-state index in [1.165, 1.54) is 0 Å². The molecule has 0 bridgehead atoms. The molecule has 0 aliphatic carbocycles. The van der Waals surface area contributed by atoms with Gasteiger partial charge >= 0.3 is 12.0 Å². The standard InChI is InChI=1S/C29H36N4O6S/c1-4-37-25(35)16-32-28(36)31-15-20-5-11-23(12-6-20)27-38-24(18-40-29-30-13-14-33(29)3)19(2)26(39-27)22-9-7-21(17-34)8-10-22/h5-14,19,24,26-27,34H,4,15-18H2,1-3H3,(H2,31,32,36)/t19-,24+,26+,27+/m1/s1. The minimum atomic E-state index is -0.583. The molecular weight excluding hydrogens is 532 g/mol. The summed E-state index contributed by atoms with van der Waals surface area (Å²) >= 11 is 1.65. The van der Waals surface area contributed by atoms with Crippen molar-refractivity contribution in [2.75, 3.05) is 18.9 Å². The molecule has 40 heavy (non-hydrogen) atoms. The highest BCUT2D eigenvalue weighted by Gasteiger charge is 2.38. The zero-order valence-electron chi connectivity index (χ0n) is 22.9. The number of aliphatic hydroxyl groups is 1. The Balaban J connectivity index is 1.43. The quantitative estimate of drug-likeness (QED) is 0.235. The van der Waals surface area contributed by atoms with Gasteiger partial charge in [0.25, 0.3) is 0 Å². The molecule has 1 saturated heterocycles. The molecule has 10 nitrogen and oxygen atoms in total. The van der Waals surface area contributed by atoms with Crippen molar-refractivity contribution in [2.45, 2.75) is 50.7 Å². The van der Waals surface area contributed by atoms with Crippen LogP contribution in [0.5, 0.6) is 0 Å². The van der Waals surface area contributed by atoms with E-state index >= 15 is 0 Å². The number of aryl methyl sites for hydroxylation is 1. The molecule has 4 atom stereocenters. The number of hydrogen-bond donors (Lipinski definition) is 3. The highest BCUT2D eigenvalue weighted by Crippen LogP contribution is 2.42. The fourth-order valence-corrected chi connectivity index (χ4v) is 5.45. The van der Waals surface area contributed by atoms with Gasteiger partial charge in [0.05, 0.1) is 25.4 Å². The van der Waals surface area contributed by atoms with Crippen molar-refractivity contribution in [2.24, 2.45) is 13.0 Å². The van der Waals surface area contributed by atoms with E-state index < -0.39 is 18.3 Å². The molecular formula is C29H36N4O6S. The number of urea groups is 1. The van der Waals surface area contributed by atoms with E-state index in [4.69, 9.17) is 14.2 Å². The number of carbonyl (C=O) groups excluding carboxylic acids is 2. The number of esters is 1. The Bertz CT molecular complexity index is 1250. The van der Waals surface area contributed by atoms with Gasteiger partial charge in [-0.15, -0.1) is 0 Å². The molecule has 2 heterocycles. The number of aliphatic hydroxyl groups excluding tert-OH is 1. The second kappa shape index (κ2) is 14.3. The number of rotatable bonds is 11.